The van der Waals surface area contributed by atoms with Crippen LogP contribution < -0.4 is 5.32 Å². The van der Waals surface area contributed by atoms with E-state index in [2.05, 4.69) is 10.3 Å². The molecule has 21 heavy (non-hydrogen) atoms. The highest BCUT2D eigenvalue weighted by atomic mass is 35.5. The SMILES string of the molecule is O=C(/C=C/c1cccc(Cl)c1)Nc1ccc(C(=O)O)nc1. The number of rotatable bonds is 4. The average molecular weight is 303 g/mol. The zero-order valence-corrected chi connectivity index (χ0v) is 11.5. The summed E-state index contributed by atoms with van der Waals surface area (Å²) in [6.45, 7) is 0. The van der Waals surface area contributed by atoms with Gasteiger partial charge < -0.3 is 10.4 Å². The Bertz CT molecular complexity index is 696. The Morgan fingerprint density at radius 2 is 2.05 bits per heavy atom. The van der Waals surface area contributed by atoms with Gasteiger partial charge in [0.1, 0.15) is 5.69 Å². The van der Waals surface area contributed by atoms with Crippen LogP contribution in [0.3, 0.4) is 0 Å². The molecule has 106 valence electrons. The van der Waals surface area contributed by atoms with Crippen LogP contribution in [0.4, 0.5) is 5.69 Å². The van der Waals surface area contributed by atoms with E-state index in [1.807, 2.05) is 6.07 Å². The van der Waals surface area contributed by atoms with Crippen molar-refractivity contribution in [3.63, 3.8) is 0 Å². The van der Waals surface area contributed by atoms with Gasteiger partial charge in [-0.3, -0.25) is 4.79 Å². The third-order valence-corrected chi connectivity index (χ3v) is 2.76. The van der Waals surface area contributed by atoms with E-state index in [1.54, 1.807) is 24.3 Å². The predicted octanol–water partition coefficient (Wildman–Crippen LogP) is 3.09. The van der Waals surface area contributed by atoms with Crippen LogP contribution in [-0.2, 0) is 4.79 Å². The number of benzene rings is 1. The van der Waals surface area contributed by atoms with Gasteiger partial charge in [-0.15, -0.1) is 0 Å². The van der Waals surface area contributed by atoms with Gasteiger partial charge in [0.15, 0.2) is 0 Å². The summed E-state index contributed by atoms with van der Waals surface area (Å²) in [5, 5.41) is 11.9. The number of aromatic carboxylic acids is 1. The first kappa shape index (κ1) is 14.7. The molecule has 1 amide bonds. The molecular weight excluding hydrogens is 292 g/mol. The van der Waals surface area contributed by atoms with Crippen molar-refractivity contribution < 1.29 is 14.7 Å². The van der Waals surface area contributed by atoms with Gasteiger partial charge in [-0.25, -0.2) is 9.78 Å². The Balaban J connectivity index is 1.99. The second kappa shape index (κ2) is 6.67. The molecule has 0 saturated heterocycles. The summed E-state index contributed by atoms with van der Waals surface area (Å²) in [6.07, 6.45) is 4.27. The summed E-state index contributed by atoms with van der Waals surface area (Å²) in [5.41, 5.74) is 1.14. The van der Waals surface area contributed by atoms with Crippen molar-refractivity contribution in [2.75, 3.05) is 5.32 Å². The van der Waals surface area contributed by atoms with Crippen LogP contribution in [0.2, 0.25) is 5.02 Å². The van der Waals surface area contributed by atoms with Crippen molar-refractivity contribution >= 4 is 35.2 Å². The van der Waals surface area contributed by atoms with Crippen LogP contribution in [0, 0.1) is 0 Å². The number of carboxylic acid groups (broad SMARTS) is 1. The van der Waals surface area contributed by atoms with Crippen molar-refractivity contribution in [3.8, 4) is 0 Å². The fourth-order valence-corrected chi connectivity index (χ4v) is 1.76. The molecule has 0 saturated carbocycles. The Kier molecular flexibility index (Phi) is 4.68. The van der Waals surface area contributed by atoms with E-state index in [-0.39, 0.29) is 11.6 Å². The van der Waals surface area contributed by atoms with E-state index in [1.165, 1.54) is 24.4 Å². The molecule has 0 aliphatic carbocycles. The maximum atomic E-state index is 11.7. The summed E-state index contributed by atoms with van der Waals surface area (Å²) in [4.78, 5) is 26.1. The maximum Gasteiger partial charge on any atom is 0.354 e. The molecule has 0 radical (unpaired) electrons. The lowest BCUT2D eigenvalue weighted by Gasteiger charge is -2.01. The molecule has 2 N–H and O–H groups in total. The van der Waals surface area contributed by atoms with Crippen molar-refractivity contribution in [1.82, 2.24) is 4.98 Å². The van der Waals surface area contributed by atoms with Crippen LogP contribution in [0.5, 0.6) is 0 Å². The van der Waals surface area contributed by atoms with E-state index in [0.717, 1.165) is 5.56 Å². The number of pyridine rings is 1. The maximum absolute atomic E-state index is 11.7. The topological polar surface area (TPSA) is 79.3 Å². The van der Waals surface area contributed by atoms with E-state index < -0.39 is 5.97 Å². The quantitative estimate of drug-likeness (QED) is 0.851. The van der Waals surface area contributed by atoms with Gasteiger partial charge in [-0.2, -0.15) is 0 Å². The number of hydrogen-bond donors (Lipinski definition) is 2. The fourth-order valence-electron chi connectivity index (χ4n) is 1.56. The summed E-state index contributed by atoms with van der Waals surface area (Å²) >= 11 is 5.84. The highest BCUT2D eigenvalue weighted by Crippen LogP contribution is 2.12. The van der Waals surface area contributed by atoms with Crippen LogP contribution in [-0.4, -0.2) is 22.0 Å². The Morgan fingerprint density at radius 3 is 2.67 bits per heavy atom. The molecule has 0 fully saturated rings. The van der Waals surface area contributed by atoms with Gasteiger partial charge in [0.05, 0.1) is 11.9 Å². The number of nitrogens with zero attached hydrogens (tertiary/aromatic N) is 1. The number of carbonyl (C=O) groups excluding carboxylic acids is 1. The molecule has 0 unspecified atom stereocenters. The van der Waals surface area contributed by atoms with Gasteiger partial charge in [0, 0.05) is 11.1 Å². The van der Waals surface area contributed by atoms with Crippen molar-refractivity contribution in [2.24, 2.45) is 0 Å². The minimum atomic E-state index is -1.12. The molecule has 0 aliphatic rings. The monoisotopic (exact) mass is 302 g/mol. The lowest BCUT2D eigenvalue weighted by Crippen LogP contribution is -2.09. The number of amides is 1. The second-order valence-electron chi connectivity index (χ2n) is 4.11. The van der Waals surface area contributed by atoms with Crippen LogP contribution >= 0.6 is 11.6 Å². The van der Waals surface area contributed by atoms with Gasteiger partial charge in [0.25, 0.3) is 0 Å². The Hall–Kier alpha value is -2.66. The number of halogens is 1. The minimum Gasteiger partial charge on any atom is -0.477 e. The molecule has 0 aliphatic heterocycles. The van der Waals surface area contributed by atoms with Crippen LogP contribution in [0.25, 0.3) is 6.08 Å². The number of anilines is 1. The summed E-state index contributed by atoms with van der Waals surface area (Å²) in [7, 11) is 0. The lowest BCUT2D eigenvalue weighted by molar-refractivity contribution is -0.111. The molecule has 1 aromatic carbocycles. The number of carboxylic acids is 1. The third kappa shape index (κ3) is 4.43. The molecule has 0 atom stereocenters. The fraction of sp³-hybridized carbons (Fsp3) is 0. The summed E-state index contributed by atoms with van der Waals surface area (Å²) in [5.74, 6) is -1.46. The molecule has 6 heteroatoms. The van der Waals surface area contributed by atoms with Crippen LogP contribution in [0.15, 0.2) is 48.7 Å². The van der Waals surface area contributed by atoms with Gasteiger partial charge >= 0.3 is 5.97 Å². The van der Waals surface area contributed by atoms with Crippen molar-refractivity contribution in [2.45, 2.75) is 0 Å². The second-order valence-corrected chi connectivity index (χ2v) is 4.55. The Labute approximate surface area is 125 Å². The highest BCUT2D eigenvalue weighted by molar-refractivity contribution is 6.30. The lowest BCUT2D eigenvalue weighted by atomic mass is 10.2. The minimum absolute atomic E-state index is 0.0810. The van der Waals surface area contributed by atoms with Gasteiger partial charge in [0.2, 0.25) is 5.91 Å². The van der Waals surface area contributed by atoms with Crippen LogP contribution in [0.1, 0.15) is 16.1 Å². The zero-order valence-electron chi connectivity index (χ0n) is 10.8. The Morgan fingerprint density at radius 1 is 1.24 bits per heavy atom. The number of nitrogens with one attached hydrogen (secondary N) is 1. The first-order valence-corrected chi connectivity index (χ1v) is 6.36. The first-order chi connectivity index (χ1) is 10.0. The highest BCUT2D eigenvalue weighted by Gasteiger charge is 2.04. The van der Waals surface area contributed by atoms with Crippen molar-refractivity contribution in [1.29, 1.82) is 0 Å². The molecular formula is C15H11ClN2O3. The molecule has 0 spiro atoms. The molecule has 1 aromatic heterocycles. The molecule has 1 heterocycles. The first-order valence-electron chi connectivity index (χ1n) is 5.98. The van der Waals surface area contributed by atoms with E-state index >= 15 is 0 Å². The molecule has 2 aromatic rings. The van der Waals surface area contributed by atoms with E-state index in [4.69, 9.17) is 16.7 Å². The predicted molar refractivity (Wildman–Crippen MR) is 80.3 cm³/mol. The number of aromatic nitrogens is 1. The number of carbonyl (C=O) groups is 2. The average Bonchev–Trinajstić information content (AvgIpc) is 2.46. The van der Waals surface area contributed by atoms with E-state index in [0.29, 0.717) is 10.7 Å². The molecule has 5 nitrogen and oxygen atoms in total. The standard InChI is InChI=1S/C15H11ClN2O3/c16-11-3-1-2-10(8-11)4-7-14(19)18-12-5-6-13(15(20)21)17-9-12/h1-9H,(H,18,19)(H,20,21)/b7-4+. The number of hydrogen-bond acceptors (Lipinski definition) is 3. The largest absolute Gasteiger partial charge is 0.477 e. The van der Waals surface area contributed by atoms with Gasteiger partial charge in [-0.1, -0.05) is 23.7 Å². The van der Waals surface area contributed by atoms with Crippen molar-refractivity contribution in [3.05, 3.63) is 65.0 Å². The normalized spacial score (nSPS) is 10.5. The van der Waals surface area contributed by atoms with E-state index in [9.17, 15) is 9.59 Å². The third-order valence-electron chi connectivity index (χ3n) is 2.53. The smallest absolute Gasteiger partial charge is 0.354 e. The summed E-state index contributed by atoms with van der Waals surface area (Å²) < 4.78 is 0. The van der Waals surface area contributed by atoms with Gasteiger partial charge in [-0.05, 0) is 35.9 Å². The molecule has 2 rings (SSSR count). The summed E-state index contributed by atoms with van der Waals surface area (Å²) in [6, 6.07) is 9.87. The molecule has 0 bridgehead atoms. The zero-order chi connectivity index (χ0) is 15.2.